The van der Waals surface area contributed by atoms with E-state index < -0.39 is 108 Å². The summed E-state index contributed by atoms with van der Waals surface area (Å²) in [6.45, 7) is 14.8. The maximum atomic E-state index is 14.1. The second-order valence-corrected chi connectivity index (χ2v) is 15.2. The molecule has 17 heteroatoms. The number of hydrogen-bond acceptors (Lipinski definition) is 9. The highest BCUT2D eigenvalue weighted by Gasteiger charge is 2.38. The molecule has 2 rings (SSSR count). The minimum atomic E-state index is -2.10. The summed E-state index contributed by atoms with van der Waals surface area (Å²) in [5.41, 5.74) is 0.524. The first kappa shape index (κ1) is 46.0. The van der Waals surface area contributed by atoms with E-state index in [1.165, 1.54) is 0 Å². The maximum Gasteiger partial charge on any atom is 0.408 e. The normalized spacial score (nSPS) is 16.0. The van der Waals surface area contributed by atoms with Gasteiger partial charge in [-0.15, -0.1) is 0 Å². The molecule has 2 aromatic rings. The summed E-state index contributed by atoms with van der Waals surface area (Å²) in [4.78, 5) is 93.3. The van der Waals surface area contributed by atoms with Crippen molar-refractivity contribution in [1.82, 2.24) is 31.6 Å². The van der Waals surface area contributed by atoms with Crippen LogP contribution in [-0.4, -0.2) is 104 Å². The fraction of sp³-hybridized carbons (Fsp3) is 0.605. The van der Waals surface area contributed by atoms with E-state index in [0.29, 0.717) is 18.4 Å². The number of amides is 5. The molecule has 0 bridgehead atoms. The number of benzene rings is 1. The van der Waals surface area contributed by atoms with Crippen molar-refractivity contribution in [1.29, 1.82) is 0 Å². The predicted octanol–water partition coefficient (Wildman–Crippen LogP) is 2.21. The van der Waals surface area contributed by atoms with E-state index in [-0.39, 0.29) is 6.42 Å². The highest BCUT2D eigenvalue weighted by Crippen LogP contribution is 2.21. The summed E-state index contributed by atoms with van der Waals surface area (Å²) < 4.78 is 5.08. The average molecular weight is 775 g/mol. The minimum Gasteiger partial charge on any atom is -0.480 e. The van der Waals surface area contributed by atoms with Crippen molar-refractivity contribution < 1.29 is 53.6 Å². The SMILES string of the molecule is CC[C@H](C)[C@H](NC(=O)[C@@H](NC(=O)OC(C)(C)C)C(=O)O)C(=O)N[C@H](C(=O)N[C@@H](Cc1c[nH]c2ccccc12)[C@H](O)CC(=O)N[C@H](C(=O)O)C(C)C)[C@@H](C)CC. The van der Waals surface area contributed by atoms with Gasteiger partial charge in [-0.3, -0.25) is 24.5 Å². The predicted molar refractivity (Wildman–Crippen MR) is 203 cm³/mol. The molecule has 8 atom stereocenters. The highest BCUT2D eigenvalue weighted by atomic mass is 16.6. The van der Waals surface area contributed by atoms with Gasteiger partial charge in [0, 0.05) is 17.1 Å². The molecule has 1 aromatic heterocycles. The van der Waals surface area contributed by atoms with E-state index in [9.17, 15) is 48.9 Å². The number of nitrogens with one attached hydrogen (secondary N) is 6. The topological polar surface area (TPSA) is 265 Å². The summed E-state index contributed by atoms with van der Waals surface area (Å²) in [5, 5.41) is 43.8. The number of carboxylic acid groups (broad SMARTS) is 2. The molecular formula is C38H58N6O11. The molecule has 0 unspecified atom stereocenters. The number of aliphatic hydroxyl groups is 1. The van der Waals surface area contributed by atoms with Crippen LogP contribution in [0.1, 0.15) is 87.1 Å². The zero-order valence-electron chi connectivity index (χ0n) is 33.0. The number of carbonyl (C=O) groups excluding carboxylic acids is 5. The van der Waals surface area contributed by atoms with Gasteiger partial charge in [-0.25, -0.2) is 14.4 Å². The van der Waals surface area contributed by atoms with Crippen LogP contribution in [0.25, 0.3) is 10.9 Å². The Kier molecular flexibility index (Phi) is 17.1. The van der Waals surface area contributed by atoms with Crippen LogP contribution in [0.15, 0.2) is 30.5 Å². The van der Waals surface area contributed by atoms with E-state index >= 15 is 0 Å². The summed E-state index contributed by atoms with van der Waals surface area (Å²) in [6.07, 6.45) is -0.675. The number of hydrogen-bond donors (Lipinski definition) is 9. The van der Waals surface area contributed by atoms with Crippen molar-refractivity contribution in [2.45, 2.75) is 130 Å². The summed E-state index contributed by atoms with van der Waals surface area (Å²) in [7, 11) is 0. The molecule has 0 aliphatic carbocycles. The van der Waals surface area contributed by atoms with Gasteiger partial charge in [-0.2, -0.15) is 0 Å². The molecule has 0 saturated carbocycles. The first-order chi connectivity index (χ1) is 25.6. The Hall–Kier alpha value is -5.19. The number of carboxylic acids is 2. The molecule has 0 spiro atoms. The summed E-state index contributed by atoms with van der Waals surface area (Å²) in [5.74, 6) is -7.87. The molecule has 1 aromatic carbocycles. The van der Waals surface area contributed by atoms with Crippen molar-refractivity contribution in [3.05, 3.63) is 36.0 Å². The van der Waals surface area contributed by atoms with E-state index in [1.54, 1.807) is 68.5 Å². The van der Waals surface area contributed by atoms with Crippen LogP contribution in [0.3, 0.4) is 0 Å². The number of carbonyl (C=O) groups is 7. The van der Waals surface area contributed by atoms with E-state index in [2.05, 4.69) is 26.3 Å². The Morgan fingerprint density at radius 1 is 0.745 bits per heavy atom. The second-order valence-electron chi connectivity index (χ2n) is 15.2. The Bertz CT molecular complexity index is 1670. The van der Waals surface area contributed by atoms with Gasteiger partial charge in [0.1, 0.15) is 23.7 Å². The minimum absolute atomic E-state index is 0.0463. The first-order valence-electron chi connectivity index (χ1n) is 18.5. The summed E-state index contributed by atoms with van der Waals surface area (Å²) in [6, 6.07) is 0.402. The van der Waals surface area contributed by atoms with Crippen LogP contribution >= 0.6 is 0 Å². The van der Waals surface area contributed by atoms with Crippen molar-refractivity contribution in [2.24, 2.45) is 17.8 Å². The molecule has 5 amide bonds. The lowest BCUT2D eigenvalue weighted by atomic mass is 9.93. The van der Waals surface area contributed by atoms with Gasteiger partial charge in [-0.05, 0) is 56.6 Å². The van der Waals surface area contributed by atoms with Crippen molar-refractivity contribution in [2.75, 3.05) is 0 Å². The number of aromatic amines is 1. The molecule has 1 heterocycles. The number of aromatic nitrogens is 1. The molecule has 0 fully saturated rings. The van der Waals surface area contributed by atoms with Crippen LogP contribution in [0.2, 0.25) is 0 Å². The average Bonchev–Trinajstić information content (AvgIpc) is 3.50. The smallest absolute Gasteiger partial charge is 0.408 e. The van der Waals surface area contributed by atoms with E-state index in [4.69, 9.17) is 4.74 Å². The van der Waals surface area contributed by atoms with Crippen molar-refractivity contribution >= 4 is 52.6 Å². The lowest BCUT2D eigenvalue weighted by Gasteiger charge is -2.31. The fourth-order valence-electron chi connectivity index (χ4n) is 5.72. The standard InChI is InChI=1S/C38H58N6O11/c1-10-20(5)29(42-33(48)30(21(6)11-2)43-34(49)31(36(52)53)44-37(54)55-38(7,8)9)32(47)40-25(16-22-18-39-24-15-13-12-14-23(22)24)26(45)17-27(46)41-28(19(3)4)35(50)51/h12-15,18-21,25-26,28-31,39,45H,10-11,16-17H2,1-9H3,(H,40,47)(H,41,46)(H,42,48)(H,43,49)(H,44,54)(H,50,51)(H,52,53)/t20-,21-,25-,26+,28-,29-,30-,31+/m0/s1. The molecule has 0 aliphatic heterocycles. The number of alkyl carbamates (subject to hydrolysis) is 1. The van der Waals surface area contributed by atoms with E-state index in [0.717, 1.165) is 10.9 Å². The van der Waals surface area contributed by atoms with Gasteiger partial charge in [0.05, 0.1) is 18.6 Å². The maximum absolute atomic E-state index is 14.1. The van der Waals surface area contributed by atoms with Gasteiger partial charge in [0.15, 0.2) is 0 Å². The van der Waals surface area contributed by atoms with Gasteiger partial charge in [-0.1, -0.05) is 72.6 Å². The molecule has 9 N–H and O–H groups in total. The number of aliphatic carboxylic acids is 2. The number of fused-ring (bicyclic) bond motifs is 1. The van der Waals surface area contributed by atoms with E-state index in [1.807, 2.05) is 29.6 Å². The quantitative estimate of drug-likeness (QED) is 0.0881. The third kappa shape index (κ3) is 13.9. The van der Waals surface area contributed by atoms with Crippen molar-refractivity contribution in [3.63, 3.8) is 0 Å². The molecular weight excluding hydrogens is 716 g/mol. The lowest BCUT2D eigenvalue weighted by molar-refractivity contribution is -0.145. The van der Waals surface area contributed by atoms with Gasteiger partial charge < -0.3 is 46.3 Å². The van der Waals surface area contributed by atoms with Crippen LogP contribution in [-0.2, 0) is 39.9 Å². The fourth-order valence-corrected chi connectivity index (χ4v) is 5.72. The number of H-pyrrole nitrogens is 1. The monoisotopic (exact) mass is 774 g/mol. The van der Waals surface area contributed by atoms with Crippen molar-refractivity contribution in [3.8, 4) is 0 Å². The number of ether oxygens (including phenoxy) is 1. The van der Waals surface area contributed by atoms with Crippen LogP contribution in [0, 0.1) is 17.8 Å². The molecule has 306 valence electrons. The zero-order valence-corrected chi connectivity index (χ0v) is 33.0. The summed E-state index contributed by atoms with van der Waals surface area (Å²) >= 11 is 0. The lowest BCUT2D eigenvalue weighted by Crippen LogP contribution is -2.61. The molecule has 17 nitrogen and oxygen atoms in total. The molecule has 0 aliphatic rings. The van der Waals surface area contributed by atoms with Gasteiger partial charge in [0.2, 0.25) is 23.8 Å². The van der Waals surface area contributed by atoms with Crippen LogP contribution in [0.4, 0.5) is 4.79 Å². The second kappa shape index (κ2) is 20.5. The number of para-hydroxylation sites is 1. The Morgan fingerprint density at radius 2 is 1.29 bits per heavy atom. The largest absolute Gasteiger partial charge is 0.480 e. The Morgan fingerprint density at radius 3 is 1.80 bits per heavy atom. The first-order valence-corrected chi connectivity index (χ1v) is 18.5. The third-order valence-corrected chi connectivity index (χ3v) is 9.31. The zero-order chi connectivity index (χ0) is 41.8. The highest BCUT2D eigenvalue weighted by molar-refractivity contribution is 6.05. The molecule has 55 heavy (non-hydrogen) atoms. The third-order valence-electron chi connectivity index (χ3n) is 9.31. The van der Waals surface area contributed by atoms with Crippen LogP contribution < -0.4 is 26.6 Å². The molecule has 0 saturated heterocycles. The van der Waals surface area contributed by atoms with Crippen LogP contribution in [0.5, 0.6) is 0 Å². The Labute approximate surface area is 321 Å². The molecule has 0 radical (unpaired) electrons. The number of rotatable bonds is 20. The van der Waals surface area contributed by atoms with Gasteiger partial charge in [0.25, 0.3) is 5.91 Å². The van der Waals surface area contributed by atoms with Gasteiger partial charge >= 0.3 is 18.0 Å². The Balaban J connectivity index is 2.39. The number of aliphatic hydroxyl groups excluding tert-OH is 1.